The summed E-state index contributed by atoms with van der Waals surface area (Å²) in [5.74, 6) is 0.427. The largest absolute Gasteiger partial charge is 0.418 e. The van der Waals surface area contributed by atoms with Crippen molar-refractivity contribution in [2.75, 3.05) is 93.9 Å². The smallest absolute Gasteiger partial charge is 0.383 e. The van der Waals surface area contributed by atoms with Gasteiger partial charge in [0, 0.05) is 105 Å². The van der Waals surface area contributed by atoms with E-state index in [-0.39, 0.29) is 11.5 Å². The molecule has 5 aromatic carbocycles. The topological polar surface area (TPSA) is 112 Å². The van der Waals surface area contributed by atoms with Crippen molar-refractivity contribution in [3.8, 4) is 11.1 Å². The molecule has 17 heteroatoms. The van der Waals surface area contributed by atoms with Gasteiger partial charge in [-0.2, -0.15) is 13.2 Å². The predicted molar refractivity (Wildman–Crippen MR) is 256 cm³/mol. The Morgan fingerprint density at radius 2 is 1.54 bits per heavy atom. The van der Waals surface area contributed by atoms with E-state index in [0.29, 0.717) is 67.0 Å². The average Bonchev–Trinajstić information content (AvgIpc) is 3.31. The number of ether oxygens (including phenoxy) is 2. The summed E-state index contributed by atoms with van der Waals surface area (Å²) < 4.78 is 85.2. The lowest BCUT2D eigenvalue weighted by Gasteiger charge is -2.36. The SMILES string of the molecule is COCCN(CCOC)CC[C@H](CSc1ccccc1)Nc1ccc(S(=O)(=O)Nc2ncnc3cc(N4CCN(Cc5ccccc5-c5ccc(Cl)cc5)CC4)ccc23)cc1C(F)(F)F. The number of hydrogen-bond donors (Lipinski definition) is 2. The molecule has 0 aliphatic carbocycles. The number of anilines is 3. The molecule has 1 fully saturated rings. The zero-order chi connectivity index (χ0) is 45.8. The van der Waals surface area contributed by atoms with Gasteiger partial charge < -0.3 is 19.7 Å². The lowest BCUT2D eigenvalue weighted by molar-refractivity contribution is -0.137. The molecule has 1 aliphatic rings. The summed E-state index contributed by atoms with van der Waals surface area (Å²) in [6, 6.07) is 34.0. The van der Waals surface area contributed by atoms with Crippen LogP contribution in [0.3, 0.4) is 0 Å². The number of benzene rings is 5. The van der Waals surface area contributed by atoms with Crippen molar-refractivity contribution in [2.45, 2.75) is 35.0 Å². The maximum atomic E-state index is 14.8. The van der Waals surface area contributed by atoms with Crippen molar-refractivity contribution < 1.29 is 31.1 Å². The zero-order valence-corrected chi connectivity index (χ0v) is 38.7. The Kier molecular flexibility index (Phi) is 16.6. The van der Waals surface area contributed by atoms with E-state index < -0.39 is 32.7 Å². The van der Waals surface area contributed by atoms with E-state index in [0.717, 1.165) is 48.9 Å². The van der Waals surface area contributed by atoms with Crippen LogP contribution in [0.1, 0.15) is 17.5 Å². The molecule has 0 saturated carbocycles. The fourth-order valence-corrected chi connectivity index (χ4v) is 9.95. The number of halogens is 4. The van der Waals surface area contributed by atoms with E-state index in [1.165, 1.54) is 41.3 Å². The summed E-state index contributed by atoms with van der Waals surface area (Å²) in [6.07, 6.45) is -3.11. The maximum absolute atomic E-state index is 14.8. The van der Waals surface area contributed by atoms with Gasteiger partial charge in [0.15, 0.2) is 5.82 Å². The minimum Gasteiger partial charge on any atom is -0.383 e. The molecule has 0 radical (unpaired) electrons. The molecule has 0 bridgehead atoms. The number of rotatable bonds is 21. The summed E-state index contributed by atoms with van der Waals surface area (Å²) in [7, 11) is -1.29. The van der Waals surface area contributed by atoms with E-state index in [4.69, 9.17) is 21.1 Å². The van der Waals surface area contributed by atoms with Crippen LogP contribution in [0.5, 0.6) is 0 Å². The van der Waals surface area contributed by atoms with Gasteiger partial charge in [-0.05, 0) is 83.8 Å². The molecule has 0 spiro atoms. The van der Waals surface area contributed by atoms with Crippen molar-refractivity contribution in [1.29, 1.82) is 0 Å². The summed E-state index contributed by atoms with van der Waals surface area (Å²) >= 11 is 7.67. The van der Waals surface area contributed by atoms with E-state index in [1.54, 1.807) is 20.3 Å². The molecular formula is C48H53ClF3N7O4S2. The van der Waals surface area contributed by atoms with Crippen LogP contribution in [-0.2, 0) is 32.2 Å². The highest BCUT2D eigenvalue weighted by Gasteiger charge is 2.36. The van der Waals surface area contributed by atoms with Gasteiger partial charge >= 0.3 is 6.18 Å². The van der Waals surface area contributed by atoms with Gasteiger partial charge in [0.05, 0.1) is 29.2 Å². The highest BCUT2D eigenvalue weighted by Crippen LogP contribution is 2.38. The number of nitrogens with one attached hydrogen (secondary N) is 2. The predicted octanol–water partition coefficient (Wildman–Crippen LogP) is 9.65. The normalized spacial score (nSPS) is 14.2. The van der Waals surface area contributed by atoms with E-state index in [9.17, 15) is 21.6 Å². The van der Waals surface area contributed by atoms with Crippen LogP contribution in [0.4, 0.5) is 30.4 Å². The lowest BCUT2D eigenvalue weighted by Crippen LogP contribution is -2.46. The summed E-state index contributed by atoms with van der Waals surface area (Å²) in [6.45, 7) is 6.81. The Balaban J connectivity index is 1.04. The molecule has 65 heavy (non-hydrogen) atoms. The third kappa shape index (κ3) is 13.1. The Hall–Kier alpha value is -4.94. The van der Waals surface area contributed by atoms with Crippen LogP contribution in [0.15, 0.2) is 131 Å². The lowest BCUT2D eigenvalue weighted by atomic mass is 9.99. The van der Waals surface area contributed by atoms with E-state index in [2.05, 4.69) is 52.9 Å². The summed E-state index contributed by atoms with van der Waals surface area (Å²) in [4.78, 5) is 15.9. The number of piperazine rings is 1. The van der Waals surface area contributed by atoms with Crippen molar-refractivity contribution in [3.63, 3.8) is 0 Å². The summed E-state index contributed by atoms with van der Waals surface area (Å²) in [5.41, 5.74) is 3.63. The second kappa shape index (κ2) is 22.5. The van der Waals surface area contributed by atoms with Crippen molar-refractivity contribution in [1.82, 2.24) is 19.8 Å². The molecule has 11 nitrogen and oxygen atoms in total. The van der Waals surface area contributed by atoms with Crippen molar-refractivity contribution >= 4 is 61.5 Å². The van der Waals surface area contributed by atoms with Crippen LogP contribution in [0, 0.1) is 0 Å². The van der Waals surface area contributed by atoms with Crippen LogP contribution in [0.2, 0.25) is 5.02 Å². The zero-order valence-electron chi connectivity index (χ0n) is 36.3. The molecule has 1 saturated heterocycles. The second-order valence-corrected chi connectivity index (χ2v) is 19.0. The highest BCUT2D eigenvalue weighted by atomic mass is 35.5. The molecule has 1 aliphatic heterocycles. The van der Waals surface area contributed by atoms with Gasteiger partial charge in [0.2, 0.25) is 0 Å². The number of hydrogen-bond acceptors (Lipinski definition) is 11. The van der Waals surface area contributed by atoms with Crippen LogP contribution in [-0.4, -0.2) is 113 Å². The van der Waals surface area contributed by atoms with Crippen molar-refractivity contribution in [3.05, 3.63) is 138 Å². The first-order valence-corrected chi connectivity index (χ1v) is 24.2. The molecule has 1 atom stereocenters. The fraction of sp³-hybridized carbons (Fsp3) is 0.333. The molecule has 2 N–H and O–H groups in total. The quantitative estimate of drug-likeness (QED) is 0.0674. The van der Waals surface area contributed by atoms with Crippen LogP contribution >= 0.6 is 23.4 Å². The number of sulfonamides is 1. The first-order valence-electron chi connectivity index (χ1n) is 21.3. The van der Waals surface area contributed by atoms with Gasteiger partial charge in [-0.15, -0.1) is 11.8 Å². The molecule has 1 aromatic heterocycles. The summed E-state index contributed by atoms with van der Waals surface area (Å²) in [5, 5.41) is 4.23. The minimum absolute atomic E-state index is 0.0361. The minimum atomic E-state index is -4.86. The van der Waals surface area contributed by atoms with E-state index >= 15 is 0 Å². The van der Waals surface area contributed by atoms with Gasteiger partial charge in [0.25, 0.3) is 10.0 Å². The maximum Gasteiger partial charge on any atom is 0.418 e. The molecule has 0 amide bonds. The van der Waals surface area contributed by atoms with Gasteiger partial charge in [-0.1, -0.05) is 66.2 Å². The van der Waals surface area contributed by atoms with Gasteiger partial charge in [-0.3, -0.25) is 14.5 Å². The van der Waals surface area contributed by atoms with Gasteiger partial charge in [0.1, 0.15) is 6.33 Å². The number of methoxy groups -OCH3 is 2. The number of thioether (sulfide) groups is 1. The van der Waals surface area contributed by atoms with Gasteiger partial charge in [-0.25, -0.2) is 18.4 Å². The third-order valence-electron chi connectivity index (χ3n) is 11.3. The number of aromatic nitrogens is 2. The Labute approximate surface area is 388 Å². The number of nitrogens with zero attached hydrogens (tertiary/aromatic N) is 5. The fourth-order valence-electron chi connectivity index (χ4n) is 7.78. The molecule has 6 aromatic rings. The highest BCUT2D eigenvalue weighted by molar-refractivity contribution is 7.99. The first kappa shape index (κ1) is 48.0. The Morgan fingerprint density at radius 3 is 2.25 bits per heavy atom. The molecule has 2 heterocycles. The second-order valence-electron chi connectivity index (χ2n) is 15.7. The monoisotopic (exact) mass is 947 g/mol. The average molecular weight is 949 g/mol. The van der Waals surface area contributed by atoms with E-state index in [1.807, 2.05) is 72.8 Å². The number of fused-ring (bicyclic) bond motifs is 1. The number of alkyl halides is 3. The van der Waals surface area contributed by atoms with Crippen LogP contribution in [0.25, 0.3) is 22.0 Å². The molecule has 0 unspecified atom stereocenters. The molecule has 344 valence electrons. The van der Waals surface area contributed by atoms with Crippen molar-refractivity contribution in [2.24, 2.45) is 0 Å². The first-order chi connectivity index (χ1) is 31.4. The van der Waals surface area contributed by atoms with Crippen LogP contribution < -0.4 is 14.9 Å². The third-order valence-corrected chi connectivity index (χ3v) is 14.1. The Bertz CT molecular complexity index is 2580. The molecule has 7 rings (SSSR count). The standard InChI is InChI=1S/C48H53ClF3N7O4S2/c1-62-28-26-57(27-29-63-2)21-20-38(33-64-40-9-4-3-5-10-40)55-45-19-17-41(31-44(45)48(50,51)52)65(60,61)56-47-43-18-16-39(30-46(43)53-34-54-47)59-24-22-58(23-25-59)32-36-8-6-7-11-42(36)35-12-14-37(49)15-13-35/h3-19,30-31,34,38,55H,20-29,32-33H2,1-2H3,(H,53,54,56)/t38-/m1/s1. The Morgan fingerprint density at radius 1 is 0.831 bits per heavy atom. The molecular weight excluding hydrogens is 895 g/mol.